The zero-order valence-electron chi connectivity index (χ0n) is 46.0. The molecule has 1 aliphatic rings. The molecular weight excluding hydrogens is 923 g/mol. The summed E-state index contributed by atoms with van der Waals surface area (Å²) in [4.78, 5) is 13.0. The molecule has 9 heteroatoms. The van der Waals surface area contributed by atoms with Gasteiger partial charge in [0.15, 0.2) is 6.29 Å². The maximum atomic E-state index is 13.0. The minimum absolute atomic E-state index is 0.225. The number of amides is 1. The largest absolute Gasteiger partial charge is 0.394 e. The van der Waals surface area contributed by atoms with Crippen molar-refractivity contribution in [3.63, 3.8) is 0 Å². The molecule has 74 heavy (non-hydrogen) atoms. The second kappa shape index (κ2) is 52.3. The van der Waals surface area contributed by atoms with E-state index in [1.807, 2.05) is 6.08 Å². The van der Waals surface area contributed by atoms with Crippen molar-refractivity contribution >= 4 is 5.91 Å². The van der Waals surface area contributed by atoms with Crippen LogP contribution in [0, 0.1) is 0 Å². The van der Waals surface area contributed by atoms with Gasteiger partial charge in [-0.25, -0.2) is 0 Å². The molecule has 7 atom stereocenters. The molecule has 1 fully saturated rings. The fourth-order valence-electron chi connectivity index (χ4n) is 7.82. The molecule has 1 amide bonds. The van der Waals surface area contributed by atoms with Gasteiger partial charge < -0.3 is 40.3 Å². The lowest BCUT2D eigenvalue weighted by atomic mass is 9.99. The molecule has 7 unspecified atom stereocenters. The number of ether oxygens (including phenoxy) is 2. The molecule has 1 heterocycles. The predicted octanol–water partition coefficient (Wildman–Crippen LogP) is 14.5. The van der Waals surface area contributed by atoms with Crippen LogP contribution >= 0.6 is 0 Å². The second-order valence-electron chi connectivity index (χ2n) is 19.0. The van der Waals surface area contributed by atoms with E-state index in [4.69, 9.17) is 9.47 Å². The molecule has 9 nitrogen and oxygen atoms in total. The maximum absolute atomic E-state index is 13.0. The van der Waals surface area contributed by atoms with Crippen LogP contribution in [0.4, 0.5) is 0 Å². The van der Waals surface area contributed by atoms with E-state index < -0.39 is 49.5 Å². The topological polar surface area (TPSA) is 149 Å². The Labute approximate surface area is 450 Å². The number of aliphatic hydroxyl groups excluding tert-OH is 5. The molecule has 0 spiro atoms. The van der Waals surface area contributed by atoms with E-state index in [-0.39, 0.29) is 18.9 Å². The normalized spacial score (nSPS) is 20.2. The smallest absolute Gasteiger partial charge is 0.220 e. The molecule has 1 saturated heterocycles. The average Bonchev–Trinajstić information content (AvgIpc) is 3.40. The Balaban J connectivity index is 2.25. The van der Waals surface area contributed by atoms with E-state index >= 15 is 0 Å². The van der Waals surface area contributed by atoms with Gasteiger partial charge in [0.25, 0.3) is 0 Å². The van der Waals surface area contributed by atoms with Gasteiger partial charge in [0.2, 0.25) is 5.91 Å². The van der Waals surface area contributed by atoms with Crippen LogP contribution in [0.5, 0.6) is 0 Å². The summed E-state index contributed by atoms with van der Waals surface area (Å²) in [5.74, 6) is -0.227. The van der Waals surface area contributed by atoms with Gasteiger partial charge in [-0.05, 0) is 116 Å². The SMILES string of the molecule is CC/C=C\C/C=C\C/C=C\C/C=C\C/C=C\C/C=C\C/C=C\C/C=C\C/C=C\C/C=C\C/C=C\CCCCCC(=O)NC(COC1OC(CO)C(O)C(O)C1O)C(O)/C=C/CC/C=C/CCCCCCCCCC. The Hall–Kier alpha value is -4.19. The van der Waals surface area contributed by atoms with E-state index in [1.54, 1.807) is 6.08 Å². The highest BCUT2D eigenvalue weighted by atomic mass is 16.7. The third-order valence-corrected chi connectivity index (χ3v) is 12.3. The molecule has 0 radical (unpaired) electrons. The number of unbranched alkanes of at least 4 members (excludes halogenated alkanes) is 12. The van der Waals surface area contributed by atoms with Crippen LogP contribution in [0.1, 0.15) is 187 Å². The van der Waals surface area contributed by atoms with Gasteiger partial charge >= 0.3 is 0 Å². The van der Waals surface area contributed by atoms with Crippen LogP contribution in [0.3, 0.4) is 0 Å². The summed E-state index contributed by atoms with van der Waals surface area (Å²) < 4.78 is 11.2. The highest BCUT2D eigenvalue weighted by Gasteiger charge is 2.44. The number of allylic oxidation sites excluding steroid dienone is 25. The summed E-state index contributed by atoms with van der Waals surface area (Å²) in [5, 5.41) is 54.3. The van der Waals surface area contributed by atoms with Crippen LogP contribution in [0.25, 0.3) is 0 Å². The van der Waals surface area contributed by atoms with Gasteiger partial charge in [0.05, 0.1) is 25.4 Å². The van der Waals surface area contributed by atoms with Gasteiger partial charge in [0.1, 0.15) is 24.4 Å². The van der Waals surface area contributed by atoms with Crippen LogP contribution in [-0.4, -0.2) is 87.5 Å². The highest BCUT2D eigenvalue weighted by molar-refractivity contribution is 5.76. The fourth-order valence-corrected chi connectivity index (χ4v) is 7.82. The lowest BCUT2D eigenvalue weighted by molar-refractivity contribution is -0.302. The quantitative estimate of drug-likeness (QED) is 0.0261. The number of carbonyl (C=O) groups excluding carboxylic acids is 1. The molecule has 1 aliphatic heterocycles. The van der Waals surface area contributed by atoms with Crippen molar-refractivity contribution in [1.29, 1.82) is 0 Å². The number of hydrogen-bond donors (Lipinski definition) is 6. The first-order valence-electron chi connectivity index (χ1n) is 28.7. The Kier molecular flexibility index (Phi) is 47.9. The minimum Gasteiger partial charge on any atom is -0.394 e. The summed E-state index contributed by atoms with van der Waals surface area (Å²) in [6, 6.07) is -0.851. The van der Waals surface area contributed by atoms with Crippen molar-refractivity contribution in [1.82, 2.24) is 5.32 Å². The van der Waals surface area contributed by atoms with Gasteiger partial charge in [-0.1, -0.05) is 223 Å². The van der Waals surface area contributed by atoms with Crippen molar-refractivity contribution in [2.24, 2.45) is 0 Å². The van der Waals surface area contributed by atoms with Crippen molar-refractivity contribution in [2.45, 2.75) is 230 Å². The minimum atomic E-state index is -1.59. The summed E-state index contributed by atoms with van der Waals surface area (Å²) in [7, 11) is 0. The summed E-state index contributed by atoms with van der Waals surface area (Å²) in [5.41, 5.74) is 0. The molecule has 6 N–H and O–H groups in total. The first kappa shape index (κ1) is 67.8. The second-order valence-corrected chi connectivity index (χ2v) is 19.0. The molecular formula is C65H103NO8. The summed E-state index contributed by atoms with van der Waals surface area (Å²) in [6.07, 6.45) is 75.9. The average molecular weight is 1030 g/mol. The van der Waals surface area contributed by atoms with Gasteiger partial charge in [-0.3, -0.25) is 4.79 Å². The molecule has 0 aromatic rings. The Morgan fingerprint density at radius 2 is 0.851 bits per heavy atom. The zero-order chi connectivity index (χ0) is 53.6. The van der Waals surface area contributed by atoms with Crippen molar-refractivity contribution in [3.05, 3.63) is 158 Å². The van der Waals surface area contributed by atoms with Crippen LogP contribution < -0.4 is 5.32 Å². The van der Waals surface area contributed by atoms with Crippen molar-refractivity contribution < 1.29 is 39.8 Å². The monoisotopic (exact) mass is 1030 g/mol. The fraction of sp³-hybridized carbons (Fsp3) is 0.585. The van der Waals surface area contributed by atoms with E-state index in [9.17, 15) is 30.3 Å². The first-order chi connectivity index (χ1) is 36.3. The zero-order valence-corrected chi connectivity index (χ0v) is 46.0. The number of carbonyl (C=O) groups is 1. The number of nitrogens with one attached hydrogen (secondary N) is 1. The van der Waals surface area contributed by atoms with Crippen LogP contribution in [-0.2, 0) is 14.3 Å². The summed E-state index contributed by atoms with van der Waals surface area (Å²) >= 11 is 0. The third kappa shape index (κ3) is 41.1. The molecule has 0 aromatic heterocycles. The van der Waals surface area contributed by atoms with E-state index in [0.29, 0.717) is 6.42 Å². The molecule has 0 bridgehead atoms. The lowest BCUT2D eigenvalue weighted by Crippen LogP contribution is -2.60. The van der Waals surface area contributed by atoms with E-state index in [0.717, 1.165) is 109 Å². The Morgan fingerprint density at radius 3 is 1.30 bits per heavy atom. The molecule has 416 valence electrons. The van der Waals surface area contributed by atoms with E-state index in [2.05, 4.69) is 165 Å². The Morgan fingerprint density at radius 1 is 0.473 bits per heavy atom. The first-order valence-corrected chi connectivity index (χ1v) is 28.7. The maximum Gasteiger partial charge on any atom is 0.220 e. The summed E-state index contributed by atoms with van der Waals surface area (Å²) in [6.45, 7) is 3.59. The Bertz CT molecular complexity index is 1710. The predicted molar refractivity (Wildman–Crippen MR) is 312 cm³/mol. The van der Waals surface area contributed by atoms with Crippen LogP contribution in [0.15, 0.2) is 158 Å². The lowest BCUT2D eigenvalue weighted by Gasteiger charge is -2.40. The van der Waals surface area contributed by atoms with Gasteiger partial charge in [-0.2, -0.15) is 0 Å². The van der Waals surface area contributed by atoms with E-state index in [1.165, 1.54) is 51.4 Å². The van der Waals surface area contributed by atoms with Gasteiger partial charge in [-0.15, -0.1) is 0 Å². The molecule has 1 rings (SSSR count). The standard InChI is InChI=1S/C65H103NO8/c1-3-5-7-9-11-13-15-17-19-20-21-22-23-24-25-26-27-28-29-30-31-32-33-34-35-36-37-38-39-40-41-43-45-47-49-51-53-55-61(69)66-58(57-73-65-64(72)63(71)62(70)60(56-67)74-65)59(68)54-52-50-48-46-44-42-18-16-14-12-10-8-6-4-2/h5,7,11,13,17,19,21-22,24-25,27-28,30-31,33-34,36-37,39-40,43-46,52,54,58-60,62-65,67-68,70-72H,3-4,6,8-10,12,14-16,18,20,23,26,29,32,35,38,41-42,47-51,53,55-57H2,1-2H3,(H,66,69)/b7-5-,13-11-,19-17-,22-21-,25-24-,28-27-,31-30-,34-33-,37-36-,40-39-,45-43-,46-44+,54-52+. The highest BCUT2D eigenvalue weighted by Crippen LogP contribution is 2.22. The van der Waals surface area contributed by atoms with Crippen LogP contribution in [0.2, 0.25) is 0 Å². The number of aliphatic hydroxyl groups is 5. The third-order valence-electron chi connectivity index (χ3n) is 12.3. The molecule has 0 saturated carbocycles. The van der Waals surface area contributed by atoms with Crippen molar-refractivity contribution in [2.75, 3.05) is 13.2 Å². The molecule has 0 aromatic carbocycles. The number of hydrogen-bond acceptors (Lipinski definition) is 8. The molecule has 0 aliphatic carbocycles. The van der Waals surface area contributed by atoms with Crippen molar-refractivity contribution in [3.8, 4) is 0 Å². The van der Waals surface area contributed by atoms with Gasteiger partial charge in [0, 0.05) is 6.42 Å². The number of rotatable bonds is 46.